The van der Waals surface area contributed by atoms with E-state index in [0.717, 1.165) is 13.0 Å². The summed E-state index contributed by atoms with van der Waals surface area (Å²) < 4.78 is 0. The third-order valence-corrected chi connectivity index (χ3v) is 3.06. The van der Waals surface area contributed by atoms with Gasteiger partial charge >= 0.3 is 0 Å². The van der Waals surface area contributed by atoms with Crippen LogP contribution in [0.4, 0.5) is 11.5 Å². The molecule has 1 aliphatic heterocycles. The van der Waals surface area contributed by atoms with Crippen molar-refractivity contribution in [2.45, 2.75) is 6.42 Å². The maximum atomic E-state index is 11.8. The topological polar surface area (TPSA) is 86.2 Å². The number of carbonyl (C=O) groups is 1. The first-order valence-corrected chi connectivity index (χ1v) is 5.77. The van der Waals surface area contributed by atoms with Gasteiger partial charge in [-0.1, -0.05) is 0 Å². The Bertz CT molecular complexity index is 508. The number of likely N-dealkylation sites (N-methyl/N-ethyl adjacent to an activating group) is 1. The van der Waals surface area contributed by atoms with Gasteiger partial charge in [-0.05, 0) is 12.5 Å². The van der Waals surface area contributed by atoms with E-state index in [9.17, 15) is 4.79 Å². The minimum Gasteiger partial charge on any atom is -0.395 e. The van der Waals surface area contributed by atoms with Gasteiger partial charge in [-0.2, -0.15) is 5.26 Å². The first-order chi connectivity index (χ1) is 8.63. The van der Waals surface area contributed by atoms with Gasteiger partial charge in [-0.25, -0.2) is 4.98 Å². The van der Waals surface area contributed by atoms with Crippen molar-refractivity contribution in [3.63, 3.8) is 0 Å². The molecule has 1 aromatic heterocycles. The van der Waals surface area contributed by atoms with Gasteiger partial charge in [0.1, 0.15) is 6.07 Å². The largest absolute Gasteiger partial charge is 0.395 e. The zero-order valence-electron chi connectivity index (χ0n) is 10.3. The molecule has 0 aliphatic carbocycles. The quantitative estimate of drug-likeness (QED) is 0.764. The molecule has 18 heavy (non-hydrogen) atoms. The van der Waals surface area contributed by atoms with Gasteiger partial charge in [0.25, 0.3) is 0 Å². The second-order valence-electron chi connectivity index (χ2n) is 4.30. The Morgan fingerprint density at radius 2 is 2.28 bits per heavy atom. The molecule has 2 heterocycles. The molecule has 0 saturated carbocycles. The molecule has 1 aliphatic rings. The van der Waals surface area contributed by atoms with Crippen molar-refractivity contribution >= 4 is 17.4 Å². The van der Waals surface area contributed by atoms with Crippen molar-refractivity contribution in [1.82, 2.24) is 9.88 Å². The lowest BCUT2D eigenvalue weighted by Gasteiger charge is -2.22. The van der Waals surface area contributed by atoms with Crippen molar-refractivity contribution in [3.05, 3.63) is 17.8 Å². The van der Waals surface area contributed by atoms with Crippen molar-refractivity contribution in [3.8, 4) is 6.07 Å². The molecule has 1 aromatic rings. The van der Waals surface area contributed by atoms with E-state index in [2.05, 4.69) is 4.98 Å². The highest BCUT2D eigenvalue weighted by Crippen LogP contribution is 2.24. The van der Waals surface area contributed by atoms with E-state index in [1.807, 2.05) is 11.0 Å². The molecule has 6 heteroatoms. The van der Waals surface area contributed by atoms with Crippen molar-refractivity contribution in [2.75, 3.05) is 37.3 Å². The molecule has 1 fully saturated rings. The number of hydrogen-bond acceptors (Lipinski definition) is 5. The van der Waals surface area contributed by atoms with Gasteiger partial charge in [0.15, 0.2) is 5.82 Å². The molecule has 1 saturated heterocycles. The number of hydrogen-bond donors (Lipinski definition) is 1. The second-order valence-corrected chi connectivity index (χ2v) is 4.30. The monoisotopic (exact) mass is 245 g/mol. The summed E-state index contributed by atoms with van der Waals surface area (Å²) in [4.78, 5) is 19.5. The van der Waals surface area contributed by atoms with E-state index in [1.165, 1.54) is 0 Å². The molecule has 0 aromatic carbocycles. The smallest absolute Gasteiger partial charge is 0.241 e. The molecule has 2 rings (SSSR count). The van der Waals surface area contributed by atoms with Crippen molar-refractivity contribution in [1.29, 1.82) is 5.26 Å². The molecule has 94 valence electrons. The number of aromatic nitrogens is 1. The minimum atomic E-state index is 0.0380. The number of amides is 1. The van der Waals surface area contributed by atoms with Gasteiger partial charge in [0, 0.05) is 26.3 Å². The number of nitrogens with two attached hydrogens (primary N) is 1. The summed E-state index contributed by atoms with van der Waals surface area (Å²) >= 11 is 0. The molecule has 0 radical (unpaired) electrons. The van der Waals surface area contributed by atoms with E-state index in [4.69, 9.17) is 11.0 Å². The van der Waals surface area contributed by atoms with Crippen LogP contribution in [0.5, 0.6) is 0 Å². The molecular weight excluding hydrogens is 230 g/mol. The average molecular weight is 245 g/mol. The van der Waals surface area contributed by atoms with Crippen LogP contribution in [0.3, 0.4) is 0 Å². The SMILES string of the molecule is CN1CCCN(c2nccc(C#N)c2N)CC1=O. The maximum Gasteiger partial charge on any atom is 0.241 e. The average Bonchev–Trinajstić information content (AvgIpc) is 2.52. The lowest BCUT2D eigenvalue weighted by atomic mass is 10.2. The number of nitriles is 1. The van der Waals surface area contributed by atoms with Gasteiger partial charge in [-0.15, -0.1) is 0 Å². The molecule has 1 amide bonds. The molecule has 6 nitrogen and oxygen atoms in total. The summed E-state index contributed by atoms with van der Waals surface area (Å²) in [7, 11) is 1.79. The summed E-state index contributed by atoms with van der Waals surface area (Å²) in [6.07, 6.45) is 2.41. The summed E-state index contributed by atoms with van der Waals surface area (Å²) in [5.41, 5.74) is 6.64. The van der Waals surface area contributed by atoms with Crippen molar-refractivity contribution in [2.24, 2.45) is 0 Å². The van der Waals surface area contributed by atoms with Gasteiger partial charge in [0.05, 0.1) is 17.8 Å². The molecular formula is C12H15N5O. The fraction of sp³-hybridized carbons (Fsp3) is 0.417. The molecule has 0 bridgehead atoms. The third kappa shape index (κ3) is 2.20. The van der Waals surface area contributed by atoms with Crippen LogP contribution in [0, 0.1) is 11.3 Å². The Balaban J connectivity index is 2.31. The third-order valence-electron chi connectivity index (χ3n) is 3.06. The Labute approximate surface area is 106 Å². The molecule has 0 spiro atoms. The second kappa shape index (κ2) is 4.92. The number of pyridine rings is 1. The summed E-state index contributed by atoms with van der Waals surface area (Å²) in [5.74, 6) is 0.564. The standard InChI is InChI=1S/C12H15N5O/c1-16-5-2-6-17(8-10(16)18)12-11(14)9(7-13)3-4-15-12/h3-4H,2,5-6,8,14H2,1H3. The number of nitrogen functional groups attached to an aromatic ring is 1. The number of rotatable bonds is 1. The van der Waals surface area contributed by atoms with E-state index >= 15 is 0 Å². The van der Waals surface area contributed by atoms with Gasteiger partial charge in [0.2, 0.25) is 5.91 Å². The van der Waals surface area contributed by atoms with E-state index in [0.29, 0.717) is 23.6 Å². The molecule has 0 atom stereocenters. The summed E-state index contributed by atoms with van der Waals surface area (Å²) in [5, 5.41) is 8.94. The lowest BCUT2D eigenvalue weighted by Crippen LogP contribution is -2.35. The van der Waals surface area contributed by atoms with E-state index in [-0.39, 0.29) is 12.5 Å². The zero-order chi connectivity index (χ0) is 13.1. The first kappa shape index (κ1) is 12.2. The number of anilines is 2. The zero-order valence-corrected chi connectivity index (χ0v) is 10.3. The van der Waals surface area contributed by atoms with Gasteiger partial charge in [-0.3, -0.25) is 4.79 Å². The fourth-order valence-electron chi connectivity index (χ4n) is 1.98. The highest BCUT2D eigenvalue weighted by atomic mass is 16.2. The Morgan fingerprint density at radius 3 is 3.00 bits per heavy atom. The molecule has 2 N–H and O–H groups in total. The van der Waals surface area contributed by atoms with Crippen LogP contribution in [0.25, 0.3) is 0 Å². The minimum absolute atomic E-state index is 0.0380. The number of nitrogens with zero attached hydrogens (tertiary/aromatic N) is 4. The predicted octanol–water partition coefficient (Wildman–Crippen LogP) is 0.204. The Hall–Kier alpha value is -2.29. The predicted molar refractivity (Wildman–Crippen MR) is 67.8 cm³/mol. The molecule has 0 unspecified atom stereocenters. The van der Waals surface area contributed by atoms with Crippen LogP contribution >= 0.6 is 0 Å². The van der Waals surface area contributed by atoms with Gasteiger partial charge < -0.3 is 15.5 Å². The van der Waals surface area contributed by atoms with Crippen LogP contribution in [0.2, 0.25) is 0 Å². The van der Waals surface area contributed by atoms with E-state index < -0.39 is 0 Å². The summed E-state index contributed by atoms with van der Waals surface area (Å²) in [6.45, 7) is 1.69. The maximum absolute atomic E-state index is 11.8. The normalized spacial score (nSPS) is 16.3. The van der Waals surface area contributed by atoms with Crippen molar-refractivity contribution < 1.29 is 4.79 Å². The Morgan fingerprint density at radius 1 is 1.50 bits per heavy atom. The van der Waals surface area contributed by atoms with Crippen LogP contribution < -0.4 is 10.6 Å². The highest BCUT2D eigenvalue weighted by Gasteiger charge is 2.22. The van der Waals surface area contributed by atoms with Crippen LogP contribution in [-0.2, 0) is 4.79 Å². The number of carbonyl (C=O) groups excluding carboxylic acids is 1. The summed E-state index contributed by atoms with van der Waals surface area (Å²) in [6, 6.07) is 3.60. The first-order valence-electron chi connectivity index (χ1n) is 5.77. The lowest BCUT2D eigenvalue weighted by molar-refractivity contribution is -0.127. The Kier molecular flexibility index (Phi) is 3.33. The van der Waals surface area contributed by atoms with Crippen LogP contribution in [0.15, 0.2) is 12.3 Å². The van der Waals surface area contributed by atoms with Crippen LogP contribution in [0.1, 0.15) is 12.0 Å². The van der Waals surface area contributed by atoms with Crippen LogP contribution in [-0.4, -0.2) is 42.5 Å². The highest BCUT2D eigenvalue weighted by molar-refractivity contribution is 5.83. The fourth-order valence-corrected chi connectivity index (χ4v) is 1.98. The van der Waals surface area contributed by atoms with E-state index in [1.54, 1.807) is 24.2 Å².